The lowest BCUT2D eigenvalue weighted by atomic mass is 9.99. The van der Waals surface area contributed by atoms with E-state index < -0.39 is 0 Å². The zero-order valence-electron chi connectivity index (χ0n) is 21.1. The molecule has 0 atom stereocenters. The quantitative estimate of drug-likeness (QED) is 0.298. The van der Waals surface area contributed by atoms with Crippen molar-refractivity contribution in [3.05, 3.63) is 89.8 Å². The smallest absolute Gasteiger partial charge is 0.249 e. The van der Waals surface area contributed by atoms with Gasteiger partial charge in [-0.15, -0.1) is 0 Å². The maximum Gasteiger partial charge on any atom is 0.249 e. The van der Waals surface area contributed by atoms with E-state index in [0.29, 0.717) is 23.1 Å². The van der Waals surface area contributed by atoms with Gasteiger partial charge in [0.2, 0.25) is 11.8 Å². The number of ether oxygens (including phenoxy) is 1. The fourth-order valence-corrected chi connectivity index (χ4v) is 3.96. The Balaban J connectivity index is 1.71. The molecule has 0 radical (unpaired) electrons. The maximum atomic E-state index is 9.28. The molecule has 4 rings (SSSR count). The average Bonchev–Trinajstić information content (AvgIpc) is 3.26. The number of fused-ring (bicyclic) bond motifs is 1. The standard InChI is InChI=1S/C29H25N7O/c1-6-32-24(17-31)15-18(2)22-13-19(3)27(20(4)14-22)37-28-26-25(11-12-36(26)5)34-29(35-28)33-23-9-7-21(16-30)8-10-23/h6-15H,1H2,2-5H3,(H,33,34,35)/b18-15+,32-24?. The van der Waals surface area contributed by atoms with E-state index in [0.717, 1.165) is 39.0 Å². The van der Waals surface area contributed by atoms with Crippen LogP contribution in [0.3, 0.4) is 0 Å². The van der Waals surface area contributed by atoms with E-state index in [4.69, 9.17) is 10.00 Å². The molecule has 0 fully saturated rings. The van der Waals surface area contributed by atoms with Crippen molar-refractivity contribution in [2.45, 2.75) is 20.8 Å². The van der Waals surface area contributed by atoms with Crippen molar-refractivity contribution in [1.29, 1.82) is 10.5 Å². The van der Waals surface area contributed by atoms with E-state index in [1.54, 1.807) is 30.3 Å². The van der Waals surface area contributed by atoms with Crippen LogP contribution >= 0.6 is 0 Å². The summed E-state index contributed by atoms with van der Waals surface area (Å²) < 4.78 is 8.34. The van der Waals surface area contributed by atoms with Gasteiger partial charge >= 0.3 is 0 Å². The minimum atomic E-state index is 0.289. The number of hydrogen-bond acceptors (Lipinski definition) is 7. The Morgan fingerprint density at radius 2 is 1.81 bits per heavy atom. The number of benzene rings is 2. The highest BCUT2D eigenvalue weighted by atomic mass is 16.5. The first-order valence-electron chi connectivity index (χ1n) is 11.5. The lowest BCUT2D eigenvalue weighted by Crippen LogP contribution is -2.03. The van der Waals surface area contributed by atoms with Gasteiger partial charge in [0.05, 0.1) is 17.1 Å². The molecule has 0 amide bonds. The fourth-order valence-electron chi connectivity index (χ4n) is 3.96. The molecule has 8 heteroatoms. The van der Waals surface area contributed by atoms with Gasteiger partial charge in [-0.25, -0.2) is 9.98 Å². The van der Waals surface area contributed by atoms with Gasteiger partial charge in [0.15, 0.2) is 0 Å². The largest absolute Gasteiger partial charge is 0.436 e. The number of allylic oxidation sites excluding steroid dienone is 2. The van der Waals surface area contributed by atoms with Gasteiger partial charge in [0, 0.05) is 25.1 Å². The van der Waals surface area contributed by atoms with Gasteiger partial charge in [-0.3, -0.25) is 0 Å². The van der Waals surface area contributed by atoms with E-state index in [2.05, 4.69) is 39.0 Å². The Morgan fingerprint density at radius 1 is 1.11 bits per heavy atom. The second kappa shape index (κ2) is 10.6. The number of nitriles is 2. The van der Waals surface area contributed by atoms with E-state index in [9.17, 15) is 5.26 Å². The first kappa shape index (κ1) is 24.9. The number of aryl methyl sites for hydroxylation is 3. The number of rotatable bonds is 7. The van der Waals surface area contributed by atoms with Crippen molar-refractivity contribution in [3.8, 4) is 23.8 Å². The average molecular weight is 488 g/mol. The van der Waals surface area contributed by atoms with Crippen molar-refractivity contribution >= 4 is 34.0 Å². The van der Waals surface area contributed by atoms with Crippen molar-refractivity contribution in [3.63, 3.8) is 0 Å². The van der Waals surface area contributed by atoms with Crippen LogP contribution in [0.5, 0.6) is 11.6 Å². The summed E-state index contributed by atoms with van der Waals surface area (Å²) >= 11 is 0. The summed E-state index contributed by atoms with van der Waals surface area (Å²) in [5.41, 5.74) is 6.83. The monoisotopic (exact) mass is 487 g/mol. The van der Waals surface area contributed by atoms with Crippen LogP contribution in [-0.4, -0.2) is 20.2 Å². The van der Waals surface area contributed by atoms with Gasteiger partial charge in [-0.2, -0.15) is 15.5 Å². The fraction of sp³-hybridized carbons (Fsp3) is 0.138. The third kappa shape index (κ3) is 5.39. The van der Waals surface area contributed by atoms with Crippen molar-refractivity contribution < 1.29 is 4.74 Å². The Hall–Kier alpha value is -5.21. The van der Waals surface area contributed by atoms with Crippen LogP contribution in [0.2, 0.25) is 0 Å². The third-order valence-electron chi connectivity index (χ3n) is 5.77. The minimum Gasteiger partial charge on any atom is -0.436 e. The molecule has 2 heterocycles. The summed E-state index contributed by atoms with van der Waals surface area (Å²) in [4.78, 5) is 13.3. The molecular formula is C29H25N7O. The van der Waals surface area contributed by atoms with Crippen LogP contribution in [0.4, 0.5) is 11.6 Å². The second-order valence-corrected chi connectivity index (χ2v) is 8.50. The molecule has 0 bridgehead atoms. The zero-order chi connectivity index (χ0) is 26.5. The molecule has 2 aromatic heterocycles. The lowest BCUT2D eigenvalue weighted by molar-refractivity contribution is 0.459. The number of aliphatic imine (C=N–C) groups is 1. The molecule has 1 N–H and O–H groups in total. The van der Waals surface area contributed by atoms with E-state index in [-0.39, 0.29) is 5.71 Å². The molecule has 0 aliphatic rings. The molecule has 37 heavy (non-hydrogen) atoms. The first-order chi connectivity index (χ1) is 17.8. The van der Waals surface area contributed by atoms with E-state index >= 15 is 0 Å². The Bertz CT molecular complexity index is 1620. The predicted octanol–water partition coefficient (Wildman–Crippen LogP) is 6.50. The van der Waals surface area contributed by atoms with Gasteiger partial charge in [0.25, 0.3) is 0 Å². The highest BCUT2D eigenvalue weighted by Crippen LogP contribution is 2.35. The molecule has 182 valence electrons. The molecule has 0 spiro atoms. The maximum absolute atomic E-state index is 9.28. The summed E-state index contributed by atoms with van der Waals surface area (Å²) in [7, 11) is 1.92. The van der Waals surface area contributed by atoms with Gasteiger partial charge < -0.3 is 14.6 Å². The summed E-state index contributed by atoms with van der Waals surface area (Å²) in [6.07, 6.45) is 4.99. The van der Waals surface area contributed by atoms with E-state index in [1.807, 2.05) is 56.8 Å². The lowest BCUT2D eigenvalue weighted by Gasteiger charge is -2.15. The molecular weight excluding hydrogens is 462 g/mol. The molecule has 0 unspecified atom stereocenters. The normalized spacial score (nSPS) is 11.6. The highest BCUT2D eigenvalue weighted by molar-refractivity contribution is 6.11. The van der Waals surface area contributed by atoms with Gasteiger partial charge in [0.1, 0.15) is 23.0 Å². The number of nitrogens with zero attached hydrogens (tertiary/aromatic N) is 6. The van der Waals surface area contributed by atoms with Crippen LogP contribution in [0.15, 0.2) is 72.5 Å². The molecule has 2 aromatic carbocycles. The van der Waals surface area contributed by atoms with Crippen LogP contribution < -0.4 is 10.1 Å². The van der Waals surface area contributed by atoms with Crippen molar-refractivity contribution in [2.75, 3.05) is 5.32 Å². The topological polar surface area (TPSA) is 112 Å². The first-order valence-corrected chi connectivity index (χ1v) is 11.5. The molecule has 8 nitrogen and oxygen atoms in total. The Kier molecular flexibility index (Phi) is 7.13. The molecule has 0 aliphatic carbocycles. The minimum absolute atomic E-state index is 0.289. The number of aromatic nitrogens is 3. The SMILES string of the molecule is C=CN=C(C#N)/C=C(\C)c1cc(C)c(Oc2nc(Nc3ccc(C#N)cc3)nc3ccn(C)c23)c(C)c1. The second-order valence-electron chi connectivity index (χ2n) is 8.50. The third-order valence-corrected chi connectivity index (χ3v) is 5.77. The van der Waals surface area contributed by atoms with Crippen molar-refractivity contribution in [1.82, 2.24) is 14.5 Å². The van der Waals surface area contributed by atoms with Crippen molar-refractivity contribution in [2.24, 2.45) is 12.0 Å². The Morgan fingerprint density at radius 3 is 2.43 bits per heavy atom. The summed E-state index contributed by atoms with van der Waals surface area (Å²) in [5, 5.41) is 21.5. The van der Waals surface area contributed by atoms with Crippen LogP contribution in [0.1, 0.15) is 29.2 Å². The van der Waals surface area contributed by atoms with Crippen LogP contribution in [0.25, 0.3) is 16.6 Å². The number of hydrogen-bond donors (Lipinski definition) is 1. The molecule has 4 aromatic rings. The highest BCUT2D eigenvalue weighted by Gasteiger charge is 2.16. The predicted molar refractivity (Wildman–Crippen MR) is 146 cm³/mol. The zero-order valence-corrected chi connectivity index (χ0v) is 21.1. The molecule has 0 saturated heterocycles. The molecule has 0 saturated carbocycles. The van der Waals surface area contributed by atoms with Crippen LogP contribution in [-0.2, 0) is 7.05 Å². The summed E-state index contributed by atoms with van der Waals surface area (Å²) in [6, 6.07) is 17.2. The van der Waals surface area contributed by atoms with E-state index in [1.165, 1.54) is 6.20 Å². The number of nitrogens with one attached hydrogen (secondary N) is 1. The number of anilines is 2. The molecule has 0 aliphatic heterocycles. The van der Waals surface area contributed by atoms with Gasteiger partial charge in [-0.1, -0.05) is 6.58 Å². The summed E-state index contributed by atoms with van der Waals surface area (Å²) in [5.74, 6) is 1.50. The van der Waals surface area contributed by atoms with Crippen LogP contribution in [0, 0.1) is 36.5 Å². The summed E-state index contributed by atoms with van der Waals surface area (Å²) in [6.45, 7) is 9.44. The van der Waals surface area contributed by atoms with Gasteiger partial charge in [-0.05, 0) is 91.6 Å². The Labute approximate surface area is 215 Å².